The number of anilines is 1. The van der Waals surface area contributed by atoms with Gasteiger partial charge in [0.05, 0.1) is 37.4 Å². The van der Waals surface area contributed by atoms with Crippen molar-refractivity contribution in [3.8, 4) is 5.75 Å². The molecular weight excluding hydrogens is 284 g/mol. The Balaban J connectivity index is 1.79. The molecule has 0 unspecified atom stereocenters. The summed E-state index contributed by atoms with van der Waals surface area (Å²) in [5, 5.41) is 2.61. The minimum absolute atomic E-state index is 0.401. The first-order valence-corrected chi connectivity index (χ1v) is 6.83. The van der Waals surface area contributed by atoms with Gasteiger partial charge in [0.15, 0.2) is 0 Å². The predicted molar refractivity (Wildman–Crippen MR) is 81.9 cm³/mol. The van der Waals surface area contributed by atoms with E-state index in [4.69, 9.17) is 14.2 Å². The first kappa shape index (κ1) is 15.9. The third-order valence-corrected chi connectivity index (χ3v) is 2.71. The van der Waals surface area contributed by atoms with E-state index in [-0.39, 0.29) is 0 Å². The monoisotopic (exact) mass is 302 g/mol. The van der Waals surface area contributed by atoms with E-state index in [0.717, 1.165) is 5.69 Å². The standard InChI is InChI=1S/C16H18N2O4/c1-20-9-10-21-12-14-8-7-13(11-17-14)18-16(19)22-15-5-3-2-4-6-15/h2-8,11H,9-10,12H2,1H3,(H,18,19). The van der Waals surface area contributed by atoms with Crippen LogP contribution in [0.5, 0.6) is 5.75 Å². The lowest BCUT2D eigenvalue weighted by molar-refractivity contribution is 0.0602. The quantitative estimate of drug-likeness (QED) is 0.796. The van der Waals surface area contributed by atoms with Gasteiger partial charge in [-0.1, -0.05) is 18.2 Å². The molecule has 6 heteroatoms. The average molecular weight is 302 g/mol. The van der Waals surface area contributed by atoms with Gasteiger partial charge in [0.25, 0.3) is 0 Å². The van der Waals surface area contributed by atoms with Crippen LogP contribution in [-0.4, -0.2) is 31.4 Å². The fraction of sp³-hybridized carbons (Fsp3) is 0.250. The van der Waals surface area contributed by atoms with Crippen molar-refractivity contribution in [2.24, 2.45) is 0 Å². The number of nitrogens with zero attached hydrogens (tertiary/aromatic N) is 1. The zero-order chi connectivity index (χ0) is 15.6. The largest absolute Gasteiger partial charge is 0.417 e. The number of pyridine rings is 1. The van der Waals surface area contributed by atoms with Crippen LogP contribution < -0.4 is 10.1 Å². The summed E-state index contributed by atoms with van der Waals surface area (Å²) >= 11 is 0. The predicted octanol–water partition coefficient (Wildman–Crippen LogP) is 2.86. The normalized spacial score (nSPS) is 10.2. The first-order valence-electron chi connectivity index (χ1n) is 6.83. The Hall–Kier alpha value is -2.44. The molecule has 0 radical (unpaired) electrons. The fourth-order valence-corrected chi connectivity index (χ4v) is 1.64. The topological polar surface area (TPSA) is 69.7 Å². The van der Waals surface area contributed by atoms with E-state index in [1.807, 2.05) is 6.07 Å². The molecular formula is C16H18N2O4. The maximum absolute atomic E-state index is 11.7. The SMILES string of the molecule is COCCOCc1ccc(NC(=O)Oc2ccccc2)cn1. The number of hydrogen-bond donors (Lipinski definition) is 1. The van der Waals surface area contributed by atoms with Gasteiger partial charge in [-0.3, -0.25) is 10.3 Å². The van der Waals surface area contributed by atoms with Gasteiger partial charge in [-0.25, -0.2) is 4.79 Å². The number of nitrogens with one attached hydrogen (secondary N) is 1. The van der Waals surface area contributed by atoms with Crippen LogP contribution in [0, 0.1) is 0 Å². The average Bonchev–Trinajstić information content (AvgIpc) is 2.54. The minimum atomic E-state index is -0.558. The Morgan fingerprint density at radius 3 is 2.64 bits per heavy atom. The van der Waals surface area contributed by atoms with Crippen molar-refractivity contribution in [1.29, 1.82) is 0 Å². The number of amides is 1. The van der Waals surface area contributed by atoms with Gasteiger partial charge in [0.2, 0.25) is 0 Å². The van der Waals surface area contributed by atoms with Crippen LogP contribution in [0.3, 0.4) is 0 Å². The van der Waals surface area contributed by atoms with Gasteiger partial charge in [0.1, 0.15) is 5.75 Å². The van der Waals surface area contributed by atoms with Crippen molar-refractivity contribution in [1.82, 2.24) is 4.98 Å². The molecule has 22 heavy (non-hydrogen) atoms. The van der Waals surface area contributed by atoms with Crippen LogP contribution in [0.1, 0.15) is 5.69 Å². The van der Waals surface area contributed by atoms with E-state index in [0.29, 0.717) is 31.3 Å². The third-order valence-electron chi connectivity index (χ3n) is 2.71. The second-order valence-electron chi connectivity index (χ2n) is 4.41. The molecule has 0 saturated carbocycles. The molecule has 2 aromatic rings. The van der Waals surface area contributed by atoms with Crippen molar-refractivity contribution in [2.75, 3.05) is 25.6 Å². The van der Waals surface area contributed by atoms with Crippen LogP contribution in [-0.2, 0) is 16.1 Å². The van der Waals surface area contributed by atoms with Gasteiger partial charge in [-0.2, -0.15) is 0 Å². The van der Waals surface area contributed by atoms with Crippen molar-refractivity contribution in [2.45, 2.75) is 6.61 Å². The van der Waals surface area contributed by atoms with Crippen LogP contribution in [0.2, 0.25) is 0 Å². The number of carbonyl (C=O) groups is 1. The highest BCUT2D eigenvalue weighted by Gasteiger charge is 2.05. The molecule has 1 heterocycles. The molecule has 0 saturated heterocycles. The Labute approximate surface area is 129 Å². The van der Waals surface area contributed by atoms with Gasteiger partial charge < -0.3 is 14.2 Å². The summed E-state index contributed by atoms with van der Waals surface area (Å²) in [6.07, 6.45) is 0.999. The van der Waals surface area contributed by atoms with Crippen LogP contribution in [0.4, 0.5) is 10.5 Å². The molecule has 1 N–H and O–H groups in total. The second-order valence-corrected chi connectivity index (χ2v) is 4.41. The van der Waals surface area contributed by atoms with E-state index < -0.39 is 6.09 Å². The Kier molecular flexibility index (Phi) is 6.35. The van der Waals surface area contributed by atoms with Gasteiger partial charge in [-0.15, -0.1) is 0 Å². The summed E-state index contributed by atoms with van der Waals surface area (Å²) in [5.74, 6) is 0.483. The maximum Gasteiger partial charge on any atom is 0.417 e. The Morgan fingerprint density at radius 2 is 1.95 bits per heavy atom. The van der Waals surface area contributed by atoms with E-state index in [2.05, 4.69) is 10.3 Å². The summed E-state index contributed by atoms with van der Waals surface area (Å²) in [6.45, 7) is 1.46. The van der Waals surface area contributed by atoms with Gasteiger partial charge in [-0.05, 0) is 24.3 Å². The highest BCUT2D eigenvalue weighted by atomic mass is 16.6. The first-order chi connectivity index (χ1) is 10.8. The third kappa shape index (κ3) is 5.51. The van der Waals surface area contributed by atoms with Crippen molar-refractivity contribution < 1.29 is 19.0 Å². The van der Waals surface area contributed by atoms with E-state index >= 15 is 0 Å². The number of benzene rings is 1. The molecule has 0 spiro atoms. The number of hydrogen-bond acceptors (Lipinski definition) is 5. The van der Waals surface area contributed by atoms with Crippen LogP contribution in [0.15, 0.2) is 48.7 Å². The molecule has 6 nitrogen and oxygen atoms in total. The molecule has 0 aliphatic carbocycles. The molecule has 0 aliphatic rings. The zero-order valence-corrected chi connectivity index (χ0v) is 12.3. The molecule has 116 valence electrons. The van der Waals surface area contributed by atoms with E-state index in [9.17, 15) is 4.79 Å². The smallest absolute Gasteiger partial charge is 0.410 e. The Bertz CT molecular complexity index is 572. The summed E-state index contributed by atoms with van der Waals surface area (Å²) in [4.78, 5) is 15.9. The zero-order valence-electron chi connectivity index (χ0n) is 12.3. The number of carbonyl (C=O) groups excluding carboxylic acids is 1. The summed E-state index contributed by atoms with van der Waals surface area (Å²) in [6, 6.07) is 12.4. The lowest BCUT2D eigenvalue weighted by Crippen LogP contribution is -2.16. The summed E-state index contributed by atoms with van der Waals surface area (Å²) < 4.78 is 15.4. The van der Waals surface area contributed by atoms with Crippen molar-refractivity contribution in [3.63, 3.8) is 0 Å². The van der Waals surface area contributed by atoms with Crippen molar-refractivity contribution >= 4 is 11.8 Å². The molecule has 2 rings (SSSR count). The molecule has 0 fully saturated rings. The Morgan fingerprint density at radius 1 is 1.14 bits per heavy atom. The van der Waals surface area contributed by atoms with Gasteiger partial charge >= 0.3 is 6.09 Å². The lowest BCUT2D eigenvalue weighted by Gasteiger charge is -2.07. The second kappa shape index (κ2) is 8.76. The summed E-state index contributed by atoms with van der Waals surface area (Å²) in [7, 11) is 1.62. The fourth-order valence-electron chi connectivity index (χ4n) is 1.64. The number of aromatic nitrogens is 1. The summed E-state index contributed by atoms with van der Waals surface area (Å²) in [5.41, 5.74) is 1.33. The molecule has 0 atom stereocenters. The van der Waals surface area contributed by atoms with Gasteiger partial charge in [0, 0.05) is 7.11 Å². The van der Waals surface area contributed by atoms with E-state index in [1.165, 1.54) is 0 Å². The minimum Gasteiger partial charge on any atom is -0.410 e. The van der Waals surface area contributed by atoms with Crippen LogP contribution in [0.25, 0.3) is 0 Å². The molecule has 1 amide bonds. The number of rotatable bonds is 7. The number of methoxy groups -OCH3 is 1. The van der Waals surface area contributed by atoms with Crippen molar-refractivity contribution in [3.05, 3.63) is 54.4 Å². The number of para-hydroxylation sites is 1. The molecule has 1 aromatic carbocycles. The lowest BCUT2D eigenvalue weighted by atomic mass is 10.3. The number of ether oxygens (including phenoxy) is 3. The highest BCUT2D eigenvalue weighted by Crippen LogP contribution is 2.11. The molecule has 0 aliphatic heterocycles. The maximum atomic E-state index is 11.7. The van der Waals surface area contributed by atoms with Crippen LogP contribution >= 0.6 is 0 Å². The highest BCUT2D eigenvalue weighted by molar-refractivity contribution is 5.85. The van der Waals surface area contributed by atoms with E-state index in [1.54, 1.807) is 49.7 Å². The molecule has 0 bridgehead atoms. The molecule has 1 aromatic heterocycles.